The first kappa shape index (κ1) is 12.4. The van der Waals surface area contributed by atoms with Gasteiger partial charge in [0.15, 0.2) is 11.3 Å². The summed E-state index contributed by atoms with van der Waals surface area (Å²) < 4.78 is 25.2. The molecule has 1 aromatic rings. The minimum atomic E-state index is -3.34. The summed E-state index contributed by atoms with van der Waals surface area (Å²) in [5.41, 5.74) is -4.37. The molecule has 9 heteroatoms. The van der Waals surface area contributed by atoms with Crippen LogP contribution in [0, 0.1) is 21.4 Å². The van der Waals surface area contributed by atoms with Crippen molar-refractivity contribution in [1.82, 2.24) is 4.98 Å². The minimum Gasteiger partial charge on any atom is -0.477 e. The summed E-state index contributed by atoms with van der Waals surface area (Å²) in [5.74, 6) is -1.91. The van der Waals surface area contributed by atoms with Crippen molar-refractivity contribution in [2.45, 2.75) is 6.43 Å². The Kier molecular flexibility index (Phi) is 3.28. The second kappa shape index (κ2) is 4.48. The van der Waals surface area contributed by atoms with Crippen molar-refractivity contribution in [1.29, 1.82) is 5.26 Å². The topological polar surface area (TPSA) is 117 Å². The maximum Gasteiger partial charge on any atom is 0.343 e. The highest BCUT2D eigenvalue weighted by Crippen LogP contribution is 2.31. The van der Waals surface area contributed by atoms with Crippen molar-refractivity contribution in [3.63, 3.8) is 0 Å². The van der Waals surface area contributed by atoms with Gasteiger partial charge in [-0.15, -0.1) is 0 Å². The lowest BCUT2D eigenvalue weighted by Gasteiger charge is -2.06. The Bertz CT molecular complexity index is 538. The molecule has 17 heavy (non-hydrogen) atoms. The third kappa shape index (κ3) is 2.15. The summed E-state index contributed by atoms with van der Waals surface area (Å²) in [6.07, 6.45) is -2.88. The number of halogens is 2. The van der Waals surface area contributed by atoms with Crippen LogP contribution in [0.5, 0.6) is 0 Å². The summed E-state index contributed by atoms with van der Waals surface area (Å²) in [7, 11) is 0. The molecule has 0 aromatic carbocycles. The second-order valence-corrected chi connectivity index (χ2v) is 2.76. The van der Waals surface area contributed by atoms with Crippen LogP contribution in [0.4, 0.5) is 14.5 Å². The Morgan fingerprint density at radius 1 is 1.65 bits per heavy atom. The molecule has 0 saturated heterocycles. The van der Waals surface area contributed by atoms with Gasteiger partial charge in [0.1, 0.15) is 12.3 Å². The first-order chi connectivity index (χ1) is 7.90. The van der Waals surface area contributed by atoms with E-state index in [-0.39, 0.29) is 0 Å². The molecule has 0 radical (unpaired) electrons. The fourth-order valence-corrected chi connectivity index (χ4v) is 1.18. The van der Waals surface area contributed by atoms with Gasteiger partial charge in [-0.2, -0.15) is 5.26 Å². The molecule has 0 fully saturated rings. The average Bonchev–Trinajstić information content (AvgIpc) is 2.26. The molecule has 0 unspecified atom stereocenters. The van der Waals surface area contributed by atoms with Crippen molar-refractivity contribution < 1.29 is 23.6 Å². The van der Waals surface area contributed by atoms with Gasteiger partial charge in [0, 0.05) is 0 Å². The number of aromatic nitrogens is 1. The predicted molar refractivity (Wildman–Crippen MR) is 47.5 cm³/mol. The average molecular weight is 243 g/mol. The van der Waals surface area contributed by atoms with Crippen LogP contribution in [-0.4, -0.2) is 21.0 Å². The van der Waals surface area contributed by atoms with Gasteiger partial charge in [0.25, 0.3) is 6.43 Å². The Morgan fingerprint density at radius 3 is 2.59 bits per heavy atom. The number of carboxylic acids is 1. The molecule has 0 spiro atoms. The summed E-state index contributed by atoms with van der Waals surface area (Å²) >= 11 is 0. The predicted octanol–water partition coefficient (Wildman–Crippen LogP) is 1.50. The third-order valence-corrected chi connectivity index (χ3v) is 1.83. The normalized spacial score (nSPS) is 10.0. The van der Waals surface area contributed by atoms with Gasteiger partial charge in [-0.3, -0.25) is 10.1 Å². The van der Waals surface area contributed by atoms with Gasteiger partial charge in [0.05, 0.1) is 10.5 Å². The van der Waals surface area contributed by atoms with Gasteiger partial charge < -0.3 is 5.11 Å². The molecular formula is C8H3F2N3O4. The lowest BCUT2D eigenvalue weighted by molar-refractivity contribution is -0.385. The van der Waals surface area contributed by atoms with E-state index in [0.717, 1.165) is 0 Å². The summed E-state index contributed by atoms with van der Waals surface area (Å²) in [4.78, 5) is 23.2. The van der Waals surface area contributed by atoms with Crippen LogP contribution in [0.25, 0.3) is 0 Å². The van der Waals surface area contributed by atoms with Crippen LogP contribution >= 0.6 is 0 Å². The molecule has 0 atom stereocenters. The van der Waals surface area contributed by atoms with Gasteiger partial charge >= 0.3 is 11.7 Å². The number of carbonyl (C=O) groups is 1. The number of aromatic carboxylic acids is 1. The number of nitro groups is 1. The number of nitrogens with zero attached hydrogens (tertiary/aromatic N) is 3. The van der Waals surface area contributed by atoms with Crippen LogP contribution in [0.1, 0.15) is 28.0 Å². The van der Waals surface area contributed by atoms with Crippen molar-refractivity contribution >= 4 is 11.7 Å². The molecule has 1 heterocycles. The number of rotatable bonds is 3. The lowest BCUT2D eigenvalue weighted by atomic mass is 10.1. The molecule has 0 aliphatic rings. The molecular weight excluding hydrogens is 240 g/mol. The zero-order valence-electron chi connectivity index (χ0n) is 7.92. The van der Waals surface area contributed by atoms with Crippen LogP contribution in [0.3, 0.4) is 0 Å². The fraction of sp³-hybridized carbons (Fsp3) is 0.125. The van der Waals surface area contributed by atoms with Crippen LogP contribution in [0.2, 0.25) is 0 Å². The Labute approximate surface area is 92.1 Å². The number of carboxylic acid groups (broad SMARTS) is 1. The van der Waals surface area contributed by atoms with Gasteiger partial charge in [0.2, 0.25) is 0 Å². The van der Waals surface area contributed by atoms with E-state index in [4.69, 9.17) is 10.4 Å². The Morgan fingerprint density at radius 2 is 2.24 bits per heavy atom. The van der Waals surface area contributed by atoms with Crippen LogP contribution < -0.4 is 0 Å². The molecule has 88 valence electrons. The van der Waals surface area contributed by atoms with E-state index >= 15 is 0 Å². The highest BCUT2D eigenvalue weighted by atomic mass is 19.3. The standard InChI is InChI=1S/C8H3F2N3O4/c9-7(10)5-3(1-11)12-2-4(13(16)17)6(5)8(14)15/h2,7H,(H,14,15). The lowest BCUT2D eigenvalue weighted by Crippen LogP contribution is -2.11. The van der Waals surface area contributed by atoms with Crippen LogP contribution in [-0.2, 0) is 0 Å². The first-order valence-electron chi connectivity index (χ1n) is 3.99. The minimum absolute atomic E-state index is 0.466. The van der Waals surface area contributed by atoms with Crippen molar-refractivity contribution in [3.8, 4) is 6.07 Å². The number of hydrogen-bond donors (Lipinski definition) is 1. The van der Waals surface area contributed by atoms with Gasteiger partial charge in [-0.05, 0) is 0 Å². The largest absolute Gasteiger partial charge is 0.477 e. The highest BCUT2D eigenvalue weighted by molar-refractivity contribution is 5.94. The van der Waals surface area contributed by atoms with Crippen molar-refractivity contribution in [2.75, 3.05) is 0 Å². The second-order valence-electron chi connectivity index (χ2n) is 2.76. The number of alkyl halides is 2. The molecule has 1 aromatic heterocycles. The number of pyridine rings is 1. The maximum absolute atomic E-state index is 12.6. The molecule has 0 bridgehead atoms. The first-order valence-corrected chi connectivity index (χ1v) is 3.99. The maximum atomic E-state index is 12.6. The molecule has 1 N–H and O–H groups in total. The zero-order valence-corrected chi connectivity index (χ0v) is 7.92. The van der Waals surface area contributed by atoms with E-state index in [2.05, 4.69) is 4.98 Å². The summed E-state index contributed by atoms with van der Waals surface area (Å²) in [5, 5.41) is 27.7. The van der Waals surface area contributed by atoms with Crippen molar-refractivity contribution in [2.24, 2.45) is 0 Å². The van der Waals surface area contributed by atoms with E-state index in [1.165, 1.54) is 6.07 Å². The SMILES string of the molecule is N#Cc1ncc([N+](=O)[O-])c(C(=O)O)c1C(F)F. The molecule has 7 nitrogen and oxygen atoms in total. The van der Waals surface area contributed by atoms with Crippen molar-refractivity contribution in [3.05, 3.63) is 33.1 Å². The molecule has 0 aliphatic carbocycles. The van der Waals surface area contributed by atoms with Gasteiger partial charge in [-0.25, -0.2) is 18.6 Å². The van der Waals surface area contributed by atoms with E-state index in [9.17, 15) is 23.7 Å². The van der Waals surface area contributed by atoms with E-state index < -0.39 is 39.8 Å². The smallest absolute Gasteiger partial charge is 0.343 e. The Hall–Kier alpha value is -2.63. The zero-order chi connectivity index (χ0) is 13.2. The molecule has 0 saturated carbocycles. The van der Waals surface area contributed by atoms with E-state index in [1.807, 2.05) is 0 Å². The Balaban J connectivity index is 3.73. The fourth-order valence-electron chi connectivity index (χ4n) is 1.18. The summed E-state index contributed by atoms with van der Waals surface area (Å²) in [6.45, 7) is 0. The highest BCUT2D eigenvalue weighted by Gasteiger charge is 2.31. The number of nitriles is 1. The van der Waals surface area contributed by atoms with E-state index in [1.54, 1.807) is 0 Å². The van der Waals surface area contributed by atoms with Crippen LogP contribution in [0.15, 0.2) is 6.20 Å². The van der Waals surface area contributed by atoms with E-state index in [0.29, 0.717) is 6.20 Å². The van der Waals surface area contributed by atoms with Gasteiger partial charge in [-0.1, -0.05) is 0 Å². The molecule has 1 rings (SSSR count). The molecule has 0 aliphatic heterocycles. The quantitative estimate of drug-likeness (QED) is 0.634. The third-order valence-electron chi connectivity index (χ3n) is 1.83. The summed E-state index contributed by atoms with van der Waals surface area (Å²) in [6, 6.07) is 1.26. The monoisotopic (exact) mass is 243 g/mol. The molecule has 0 amide bonds. The number of hydrogen-bond acceptors (Lipinski definition) is 5.